The second-order valence-electron chi connectivity index (χ2n) is 5.63. The van der Waals surface area contributed by atoms with Gasteiger partial charge in [-0.3, -0.25) is 0 Å². The third-order valence-corrected chi connectivity index (χ3v) is 4.86. The molecule has 0 heterocycles. The molecule has 2 N–H and O–H groups in total. The molecule has 3 heteroatoms. The highest BCUT2D eigenvalue weighted by Crippen LogP contribution is 2.47. The molecular weight excluding hydrogens is 292 g/mol. The van der Waals surface area contributed by atoms with Crippen LogP contribution in [0.25, 0.3) is 10.8 Å². The number of hydrogen-bond acceptors (Lipinski definition) is 2. The Hall–Kier alpha value is -1.22. The Kier molecular flexibility index (Phi) is 2.39. The largest absolute Gasteiger partial charge is 0.508 e. The van der Waals surface area contributed by atoms with E-state index in [1.54, 1.807) is 6.07 Å². The summed E-state index contributed by atoms with van der Waals surface area (Å²) in [7, 11) is 0. The maximum atomic E-state index is 10.0. The fraction of sp³-hybridized carbons (Fsp3) is 0.333. The van der Waals surface area contributed by atoms with Crippen molar-refractivity contribution in [1.82, 2.24) is 0 Å². The summed E-state index contributed by atoms with van der Waals surface area (Å²) in [5.41, 5.74) is 2.15. The Labute approximate surface area is 114 Å². The molecule has 0 aromatic heterocycles. The van der Waals surface area contributed by atoms with Gasteiger partial charge in [-0.1, -0.05) is 13.8 Å². The summed E-state index contributed by atoms with van der Waals surface area (Å²) < 4.78 is 0.709. The van der Waals surface area contributed by atoms with Gasteiger partial charge in [-0.2, -0.15) is 0 Å². The van der Waals surface area contributed by atoms with Crippen molar-refractivity contribution in [3.63, 3.8) is 0 Å². The van der Waals surface area contributed by atoms with Crippen LogP contribution in [0.2, 0.25) is 0 Å². The summed E-state index contributed by atoms with van der Waals surface area (Å²) in [4.78, 5) is 0. The van der Waals surface area contributed by atoms with Crippen molar-refractivity contribution in [2.75, 3.05) is 0 Å². The minimum atomic E-state index is 0.0250. The zero-order valence-corrected chi connectivity index (χ0v) is 12.0. The first kappa shape index (κ1) is 11.8. The van der Waals surface area contributed by atoms with Crippen LogP contribution in [0.1, 0.15) is 31.4 Å². The Morgan fingerprint density at radius 1 is 1.17 bits per heavy atom. The molecule has 18 heavy (non-hydrogen) atoms. The first-order valence-corrected chi connectivity index (χ1v) is 6.87. The number of benzene rings is 2. The van der Waals surface area contributed by atoms with Crippen molar-refractivity contribution >= 4 is 26.7 Å². The highest BCUT2D eigenvalue weighted by Gasteiger charge is 2.31. The second kappa shape index (κ2) is 3.64. The van der Waals surface area contributed by atoms with Gasteiger partial charge in [0.2, 0.25) is 0 Å². The lowest BCUT2D eigenvalue weighted by molar-refractivity contribution is 0.437. The topological polar surface area (TPSA) is 40.5 Å². The molecule has 0 radical (unpaired) electrons. The van der Waals surface area contributed by atoms with E-state index in [0.717, 1.165) is 34.7 Å². The number of hydrogen-bond donors (Lipinski definition) is 2. The standard InChI is InChI=1S/C15H15BrO2/c1-15(2)6-5-8-11(17)4-3-9-13(8)10(15)7-12(18)14(9)16/h3-4,7,17-18H,5-6H2,1-2H3. The summed E-state index contributed by atoms with van der Waals surface area (Å²) in [5.74, 6) is 0.626. The van der Waals surface area contributed by atoms with Crippen LogP contribution >= 0.6 is 15.9 Å². The lowest BCUT2D eigenvalue weighted by Gasteiger charge is -2.33. The Morgan fingerprint density at radius 3 is 2.61 bits per heavy atom. The predicted octanol–water partition coefficient (Wildman–Crippen LogP) is 4.24. The van der Waals surface area contributed by atoms with Crippen LogP contribution in [0.5, 0.6) is 11.5 Å². The first-order valence-electron chi connectivity index (χ1n) is 6.08. The van der Waals surface area contributed by atoms with E-state index in [0.29, 0.717) is 10.2 Å². The van der Waals surface area contributed by atoms with Crippen LogP contribution < -0.4 is 0 Å². The van der Waals surface area contributed by atoms with E-state index < -0.39 is 0 Å². The normalized spacial score (nSPS) is 17.1. The number of phenolic OH excluding ortho intramolecular Hbond substituents is 2. The number of aromatic hydroxyl groups is 2. The van der Waals surface area contributed by atoms with E-state index in [9.17, 15) is 10.2 Å². The van der Waals surface area contributed by atoms with E-state index in [4.69, 9.17) is 0 Å². The lowest BCUT2D eigenvalue weighted by atomic mass is 9.72. The molecule has 0 fully saturated rings. The fourth-order valence-corrected chi connectivity index (χ4v) is 3.34. The summed E-state index contributed by atoms with van der Waals surface area (Å²) in [6, 6.07) is 5.40. The van der Waals surface area contributed by atoms with E-state index in [-0.39, 0.29) is 11.2 Å². The number of aryl methyl sites for hydroxylation is 1. The van der Waals surface area contributed by atoms with Gasteiger partial charge in [-0.15, -0.1) is 0 Å². The SMILES string of the molecule is CC1(C)CCc2c(O)ccc3c(Br)c(O)cc1c23. The molecule has 3 rings (SSSR count). The minimum Gasteiger partial charge on any atom is -0.508 e. The van der Waals surface area contributed by atoms with Gasteiger partial charge in [0, 0.05) is 10.9 Å². The van der Waals surface area contributed by atoms with Crippen molar-refractivity contribution in [3.05, 3.63) is 33.8 Å². The van der Waals surface area contributed by atoms with Gasteiger partial charge in [0.25, 0.3) is 0 Å². The summed E-state index contributed by atoms with van der Waals surface area (Å²) >= 11 is 3.43. The summed E-state index contributed by atoms with van der Waals surface area (Å²) in [6.45, 7) is 4.37. The number of halogens is 1. The molecule has 2 aromatic carbocycles. The predicted molar refractivity (Wildman–Crippen MR) is 76.3 cm³/mol. The van der Waals surface area contributed by atoms with Crippen LogP contribution in [0.3, 0.4) is 0 Å². The smallest absolute Gasteiger partial charge is 0.130 e. The average molecular weight is 307 g/mol. The van der Waals surface area contributed by atoms with E-state index >= 15 is 0 Å². The zero-order chi connectivity index (χ0) is 13.1. The highest BCUT2D eigenvalue weighted by molar-refractivity contribution is 9.10. The molecule has 2 nitrogen and oxygen atoms in total. The molecule has 0 spiro atoms. The minimum absolute atomic E-state index is 0.0250. The van der Waals surface area contributed by atoms with Crippen LogP contribution in [0.4, 0.5) is 0 Å². The van der Waals surface area contributed by atoms with E-state index in [1.165, 1.54) is 0 Å². The molecule has 94 valence electrons. The van der Waals surface area contributed by atoms with Crippen LogP contribution in [0, 0.1) is 0 Å². The third-order valence-electron chi connectivity index (χ3n) is 4.03. The van der Waals surface area contributed by atoms with Gasteiger partial charge in [-0.25, -0.2) is 0 Å². The molecule has 0 aliphatic heterocycles. The molecular formula is C15H15BrO2. The quantitative estimate of drug-likeness (QED) is 0.764. The molecule has 2 aromatic rings. The van der Waals surface area contributed by atoms with Crippen molar-refractivity contribution in [2.24, 2.45) is 0 Å². The lowest BCUT2D eigenvalue weighted by Crippen LogP contribution is -2.23. The summed E-state index contributed by atoms with van der Waals surface area (Å²) in [5, 5.41) is 22.1. The third kappa shape index (κ3) is 1.46. The summed E-state index contributed by atoms with van der Waals surface area (Å²) in [6.07, 6.45) is 1.86. The molecule has 1 aliphatic carbocycles. The molecule has 0 amide bonds. The van der Waals surface area contributed by atoms with Crippen LogP contribution in [-0.2, 0) is 11.8 Å². The second-order valence-corrected chi connectivity index (χ2v) is 6.42. The zero-order valence-electron chi connectivity index (χ0n) is 10.4. The van der Waals surface area contributed by atoms with Gasteiger partial charge in [-0.05, 0) is 63.3 Å². The van der Waals surface area contributed by atoms with Gasteiger partial charge in [0.15, 0.2) is 0 Å². The molecule has 0 bridgehead atoms. The number of rotatable bonds is 0. The van der Waals surface area contributed by atoms with Crippen LogP contribution in [0.15, 0.2) is 22.7 Å². The van der Waals surface area contributed by atoms with Gasteiger partial charge in [0.05, 0.1) is 4.47 Å². The van der Waals surface area contributed by atoms with Crippen molar-refractivity contribution in [3.8, 4) is 11.5 Å². The molecule has 0 saturated heterocycles. The average Bonchev–Trinajstić information content (AvgIpc) is 2.31. The Morgan fingerprint density at radius 2 is 1.89 bits per heavy atom. The Bertz CT molecular complexity index is 659. The fourth-order valence-electron chi connectivity index (χ4n) is 2.90. The van der Waals surface area contributed by atoms with Crippen molar-refractivity contribution < 1.29 is 10.2 Å². The van der Waals surface area contributed by atoms with Gasteiger partial charge < -0.3 is 10.2 Å². The van der Waals surface area contributed by atoms with Crippen molar-refractivity contribution in [1.29, 1.82) is 0 Å². The Balaban J connectivity index is 2.55. The maximum absolute atomic E-state index is 10.0. The monoisotopic (exact) mass is 306 g/mol. The molecule has 0 unspecified atom stereocenters. The van der Waals surface area contributed by atoms with Gasteiger partial charge in [0.1, 0.15) is 11.5 Å². The maximum Gasteiger partial charge on any atom is 0.130 e. The molecule has 1 aliphatic rings. The highest BCUT2D eigenvalue weighted by atomic mass is 79.9. The first-order chi connectivity index (χ1) is 8.42. The molecule has 0 saturated carbocycles. The molecule has 0 atom stereocenters. The van der Waals surface area contributed by atoms with Crippen molar-refractivity contribution in [2.45, 2.75) is 32.1 Å². The van der Waals surface area contributed by atoms with Gasteiger partial charge >= 0.3 is 0 Å². The number of phenols is 2. The van der Waals surface area contributed by atoms with Crippen LogP contribution in [-0.4, -0.2) is 10.2 Å². The van der Waals surface area contributed by atoms with E-state index in [1.807, 2.05) is 12.1 Å². The van der Waals surface area contributed by atoms with E-state index in [2.05, 4.69) is 29.8 Å².